The number of thioether (sulfide) groups is 1. The molecule has 1 aliphatic rings. The van der Waals surface area contributed by atoms with E-state index in [-0.39, 0.29) is 5.91 Å². The fourth-order valence-corrected chi connectivity index (χ4v) is 3.18. The van der Waals surface area contributed by atoms with Gasteiger partial charge in [0.1, 0.15) is 5.76 Å². The number of hydrogen-bond acceptors (Lipinski definition) is 4. The molecule has 1 amide bonds. The quantitative estimate of drug-likeness (QED) is 0.389. The number of ether oxygens (including phenoxy) is 1. The Morgan fingerprint density at radius 1 is 1.43 bits per heavy atom. The first-order chi connectivity index (χ1) is 11.1. The molecule has 1 saturated heterocycles. The number of rotatable bonds is 4. The van der Waals surface area contributed by atoms with Crippen LogP contribution in [0.1, 0.15) is 20.8 Å². The Bertz CT molecular complexity index is 668. The maximum absolute atomic E-state index is 12.5. The lowest BCUT2D eigenvalue weighted by Crippen LogP contribution is -2.27. The van der Waals surface area contributed by atoms with Gasteiger partial charge in [-0.3, -0.25) is 9.69 Å². The second kappa shape index (κ2) is 9.55. The molecular formula is C17H18ClNO2S2. The van der Waals surface area contributed by atoms with Crippen molar-refractivity contribution in [3.05, 3.63) is 64.9 Å². The predicted molar refractivity (Wildman–Crippen MR) is 104 cm³/mol. The zero-order valence-electron chi connectivity index (χ0n) is 13.2. The second-order valence-corrected chi connectivity index (χ2v) is 6.08. The SMILES string of the molecule is C=COC(=C\C)/C=C1/SC(=S)N(c2cccc(Cl)c2)C1=O.CC. The van der Waals surface area contributed by atoms with Crippen LogP contribution >= 0.6 is 35.6 Å². The van der Waals surface area contributed by atoms with Gasteiger partial charge in [0, 0.05) is 11.1 Å². The summed E-state index contributed by atoms with van der Waals surface area (Å²) >= 11 is 12.5. The van der Waals surface area contributed by atoms with Gasteiger partial charge < -0.3 is 4.74 Å². The molecular weight excluding hydrogens is 350 g/mol. The molecule has 1 aromatic rings. The van der Waals surface area contributed by atoms with Crippen molar-refractivity contribution in [2.45, 2.75) is 20.8 Å². The Labute approximate surface area is 151 Å². The maximum atomic E-state index is 12.5. The van der Waals surface area contributed by atoms with E-state index in [4.69, 9.17) is 28.6 Å². The van der Waals surface area contributed by atoms with Crippen molar-refractivity contribution in [2.75, 3.05) is 4.90 Å². The molecule has 0 spiro atoms. The highest BCUT2D eigenvalue weighted by molar-refractivity contribution is 8.27. The molecule has 0 N–H and O–H groups in total. The lowest BCUT2D eigenvalue weighted by Gasteiger charge is -2.14. The smallest absolute Gasteiger partial charge is 0.270 e. The van der Waals surface area contributed by atoms with Crippen molar-refractivity contribution in [2.24, 2.45) is 0 Å². The van der Waals surface area contributed by atoms with Crippen LogP contribution in [-0.4, -0.2) is 10.2 Å². The van der Waals surface area contributed by atoms with E-state index in [0.29, 0.717) is 25.7 Å². The maximum Gasteiger partial charge on any atom is 0.270 e. The van der Waals surface area contributed by atoms with Crippen LogP contribution in [0.5, 0.6) is 0 Å². The van der Waals surface area contributed by atoms with E-state index in [1.54, 1.807) is 36.4 Å². The molecule has 3 nitrogen and oxygen atoms in total. The molecule has 0 unspecified atom stereocenters. The summed E-state index contributed by atoms with van der Waals surface area (Å²) in [6.07, 6.45) is 4.70. The summed E-state index contributed by atoms with van der Waals surface area (Å²) in [5, 5.41) is 0.551. The first-order valence-corrected chi connectivity index (χ1v) is 8.64. The molecule has 0 radical (unpaired) electrons. The highest BCUT2D eigenvalue weighted by Crippen LogP contribution is 2.36. The van der Waals surface area contributed by atoms with Crippen molar-refractivity contribution < 1.29 is 9.53 Å². The Hall–Kier alpha value is -1.56. The summed E-state index contributed by atoms with van der Waals surface area (Å²) in [5.74, 6) is 0.343. The highest BCUT2D eigenvalue weighted by Gasteiger charge is 2.33. The zero-order chi connectivity index (χ0) is 17.4. The fourth-order valence-electron chi connectivity index (χ4n) is 1.72. The molecule has 0 saturated carbocycles. The molecule has 0 aromatic heterocycles. The number of hydrogen-bond donors (Lipinski definition) is 0. The van der Waals surface area contributed by atoms with Crippen molar-refractivity contribution in [1.29, 1.82) is 0 Å². The Morgan fingerprint density at radius 2 is 2.13 bits per heavy atom. The summed E-state index contributed by atoms with van der Waals surface area (Å²) in [6, 6.07) is 7.01. The lowest BCUT2D eigenvalue weighted by atomic mass is 10.3. The third-order valence-electron chi connectivity index (χ3n) is 2.64. The molecule has 1 fully saturated rings. The van der Waals surface area contributed by atoms with Gasteiger partial charge in [-0.05, 0) is 31.2 Å². The number of nitrogens with zero attached hydrogens (tertiary/aromatic N) is 1. The average molecular weight is 368 g/mol. The molecule has 2 rings (SSSR count). The molecule has 1 aromatic carbocycles. The van der Waals surface area contributed by atoms with Gasteiger partial charge in [-0.15, -0.1) is 0 Å². The highest BCUT2D eigenvalue weighted by atomic mass is 35.5. The minimum absolute atomic E-state index is 0.195. The monoisotopic (exact) mass is 367 g/mol. The van der Waals surface area contributed by atoms with Gasteiger partial charge in [-0.25, -0.2) is 0 Å². The number of allylic oxidation sites excluding steroid dienone is 2. The summed E-state index contributed by atoms with van der Waals surface area (Å²) in [6.45, 7) is 9.31. The summed E-state index contributed by atoms with van der Waals surface area (Å²) in [5.41, 5.74) is 0.653. The third kappa shape index (κ3) is 4.96. The second-order valence-electron chi connectivity index (χ2n) is 3.97. The van der Waals surface area contributed by atoms with Crippen LogP contribution in [0.3, 0.4) is 0 Å². The first kappa shape index (κ1) is 19.5. The Balaban J connectivity index is 0.00000127. The van der Waals surface area contributed by atoms with Gasteiger partial charge in [-0.1, -0.05) is 62.1 Å². The molecule has 1 heterocycles. The molecule has 6 heteroatoms. The molecule has 23 heavy (non-hydrogen) atoms. The van der Waals surface area contributed by atoms with Crippen molar-refractivity contribution in [1.82, 2.24) is 0 Å². The number of amides is 1. The topological polar surface area (TPSA) is 29.5 Å². The van der Waals surface area contributed by atoms with Gasteiger partial charge in [0.25, 0.3) is 5.91 Å². The van der Waals surface area contributed by atoms with Crippen molar-refractivity contribution in [3.63, 3.8) is 0 Å². The van der Waals surface area contributed by atoms with Crippen LogP contribution in [0.25, 0.3) is 0 Å². The van der Waals surface area contributed by atoms with E-state index in [1.165, 1.54) is 22.9 Å². The predicted octanol–water partition coefficient (Wildman–Crippen LogP) is 5.68. The van der Waals surface area contributed by atoms with Gasteiger partial charge in [0.05, 0.1) is 16.9 Å². The van der Waals surface area contributed by atoms with Crippen LogP contribution < -0.4 is 4.90 Å². The van der Waals surface area contributed by atoms with Gasteiger partial charge in [-0.2, -0.15) is 0 Å². The number of carbonyl (C=O) groups excluding carboxylic acids is 1. The minimum atomic E-state index is -0.195. The largest absolute Gasteiger partial charge is 0.466 e. The standard InChI is InChI=1S/C15H12ClNO2S2.C2H6/c1-3-12(19-4-2)9-13-14(18)17(15(20)21-13)11-7-5-6-10(16)8-11;1-2/h3-9H,2H2,1H3;1-2H3/b12-3-,13-9+;. The van der Waals surface area contributed by atoms with E-state index in [1.807, 2.05) is 20.8 Å². The lowest BCUT2D eigenvalue weighted by molar-refractivity contribution is -0.113. The van der Waals surface area contributed by atoms with E-state index in [9.17, 15) is 4.79 Å². The van der Waals surface area contributed by atoms with Crippen LogP contribution in [0, 0.1) is 0 Å². The van der Waals surface area contributed by atoms with E-state index >= 15 is 0 Å². The minimum Gasteiger partial charge on any atom is -0.466 e. The van der Waals surface area contributed by atoms with E-state index in [2.05, 4.69) is 6.58 Å². The van der Waals surface area contributed by atoms with Gasteiger partial charge >= 0.3 is 0 Å². The summed E-state index contributed by atoms with van der Waals surface area (Å²) in [7, 11) is 0. The third-order valence-corrected chi connectivity index (χ3v) is 4.17. The molecule has 0 atom stereocenters. The number of benzene rings is 1. The summed E-state index contributed by atoms with van der Waals surface area (Å²) in [4.78, 5) is 14.4. The van der Waals surface area contributed by atoms with Crippen LogP contribution in [-0.2, 0) is 9.53 Å². The zero-order valence-corrected chi connectivity index (χ0v) is 15.6. The molecule has 0 aliphatic carbocycles. The average Bonchev–Trinajstić information content (AvgIpc) is 2.82. The van der Waals surface area contributed by atoms with Crippen LogP contribution in [0.2, 0.25) is 5.02 Å². The number of halogens is 1. The summed E-state index contributed by atoms with van der Waals surface area (Å²) < 4.78 is 5.66. The van der Waals surface area contributed by atoms with Gasteiger partial charge in [0.2, 0.25) is 0 Å². The Kier molecular flexibility index (Phi) is 8.09. The molecule has 122 valence electrons. The normalized spacial score (nSPS) is 16.3. The molecule has 1 aliphatic heterocycles. The molecule has 0 bridgehead atoms. The van der Waals surface area contributed by atoms with Crippen LogP contribution in [0.4, 0.5) is 5.69 Å². The number of thiocarbonyl (C=S) groups is 1. The van der Waals surface area contributed by atoms with E-state index < -0.39 is 0 Å². The van der Waals surface area contributed by atoms with Gasteiger partial charge in [0.15, 0.2) is 4.32 Å². The number of anilines is 1. The van der Waals surface area contributed by atoms with Crippen molar-refractivity contribution >= 4 is 51.5 Å². The Morgan fingerprint density at radius 3 is 2.70 bits per heavy atom. The number of carbonyl (C=O) groups is 1. The van der Waals surface area contributed by atoms with Crippen LogP contribution in [0.15, 0.2) is 59.9 Å². The first-order valence-electron chi connectivity index (χ1n) is 7.04. The van der Waals surface area contributed by atoms with E-state index in [0.717, 1.165) is 0 Å². The van der Waals surface area contributed by atoms with Crippen molar-refractivity contribution in [3.8, 4) is 0 Å². The fraction of sp³-hybridized carbons (Fsp3) is 0.176.